The van der Waals surface area contributed by atoms with E-state index < -0.39 is 38.6 Å². The molecule has 2 aromatic rings. The Bertz CT molecular complexity index is 869. The van der Waals surface area contributed by atoms with Gasteiger partial charge in [0.1, 0.15) is 5.82 Å². The minimum Gasteiger partial charge on any atom is -0.386 e. The fraction of sp³-hybridized carbons (Fsp3) is 0.200. The number of rotatable bonds is 5. The van der Waals surface area contributed by atoms with Gasteiger partial charge in [-0.1, -0.05) is 18.2 Å². The predicted molar refractivity (Wildman–Crippen MR) is 82.7 cm³/mol. The smallest absolute Gasteiger partial charge is 0.386 e. The highest BCUT2D eigenvalue weighted by molar-refractivity contribution is 7.89. The number of anilines is 1. The van der Waals surface area contributed by atoms with Crippen LogP contribution in [0.15, 0.2) is 47.4 Å². The highest BCUT2D eigenvalue weighted by atomic mass is 32.2. The Balaban J connectivity index is 2.25. The average molecular weight is 378 g/mol. The molecule has 0 saturated heterocycles. The van der Waals surface area contributed by atoms with Crippen molar-refractivity contribution in [3.05, 3.63) is 59.4 Å². The molecule has 1 atom stereocenters. The van der Waals surface area contributed by atoms with Gasteiger partial charge in [-0.3, -0.25) is 0 Å². The van der Waals surface area contributed by atoms with Crippen LogP contribution < -0.4 is 10.5 Å². The number of primary sulfonamides is 1. The fourth-order valence-electron chi connectivity index (χ4n) is 2.18. The maximum absolute atomic E-state index is 13.6. The molecular weight excluding hydrogens is 364 g/mol. The van der Waals surface area contributed by atoms with Crippen LogP contribution in [0.2, 0.25) is 0 Å². The number of halogens is 4. The summed E-state index contributed by atoms with van der Waals surface area (Å²) >= 11 is 0. The van der Waals surface area contributed by atoms with Crippen molar-refractivity contribution in [2.24, 2.45) is 5.14 Å². The molecule has 0 aliphatic carbocycles. The molecule has 0 saturated carbocycles. The van der Waals surface area contributed by atoms with Gasteiger partial charge in [-0.15, -0.1) is 0 Å². The van der Waals surface area contributed by atoms with Crippen molar-refractivity contribution in [1.29, 1.82) is 0 Å². The lowest BCUT2D eigenvalue weighted by molar-refractivity contribution is -0.139. The molecule has 0 spiro atoms. The van der Waals surface area contributed by atoms with E-state index in [2.05, 4.69) is 5.32 Å². The summed E-state index contributed by atoms with van der Waals surface area (Å²) in [5.74, 6) is -0.655. The van der Waals surface area contributed by atoms with E-state index in [1.54, 1.807) is 0 Å². The highest BCUT2D eigenvalue weighted by Gasteiger charge is 2.36. The first-order valence-electron chi connectivity index (χ1n) is 6.90. The van der Waals surface area contributed by atoms with Gasteiger partial charge in [0.2, 0.25) is 10.0 Å². The number of hydrogen-bond donors (Lipinski definition) is 3. The summed E-state index contributed by atoms with van der Waals surface area (Å²) in [5.41, 5.74) is -1.55. The second kappa shape index (κ2) is 6.98. The first kappa shape index (κ1) is 19.2. The van der Waals surface area contributed by atoms with Gasteiger partial charge in [0.15, 0.2) is 0 Å². The molecule has 2 aromatic carbocycles. The molecule has 0 fully saturated rings. The molecule has 25 heavy (non-hydrogen) atoms. The van der Waals surface area contributed by atoms with Crippen LogP contribution in [-0.2, 0) is 16.2 Å². The van der Waals surface area contributed by atoms with Gasteiger partial charge in [-0.2, -0.15) is 13.2 Å². The summed E-state index contributed by atoms with van der Waals surface area (Å²) in [6.45, 7) is -0.285. The Morgan fingerprint density at radius 2 is 1.80 bits per heavy atom. The zero-order chi connectivity index (χ0) is 18.8. The van der Waals surface area contributed by atoms with Gasteiger partial charge in [0.25, 0.3) is 0 Å². The first-order chi connectivity index (χ1) is 11.5. The average Bonchev–Trinajstić information content (AvgIpc) is 2.51. The number of benzene rings is 2. The third kappa shape index (κ3) is 4.68. The largest absolute Gasteiger partial charge is 0.417 e. The normalized spacial score (nSPS) is 13.5. The molecule has 0 radical (unpaired) electrons. The van der Waals surface area contributed by atoms with Crippen LogP contribution >= 0.6 is 0 Å². The van der Waals surface area contributed by atoms with Crippen LogP contribution in [0, 0.1) is 5.82 Å². The van der Waals surface area contributed by atoms with Crippen molar-refractivity contribution >= 4 is 15.7 Å². The number of nitrogens with one attached hydrogen (secondary N) is 1. The lowest BCUT2D eigenvalue weighted by Gasteiger charge is -2.16. The summed E-state index contributed by atoms with van der Waals surface area (Å²) < 4.78 is 75.2. The predicted octanol–water partition coefficient (Wildman–Crippen LogP) is 2.64. The van der Waals surface area contributed by atoms with Crippen molar-refractivity contribution in [3.63, 3.8) is 0 Å². The maximum atomic E-state index is 13.6. The van der Waals surface area contributed by atoms with Gasteiger partial charge in [0.05, 0.1) is 16.6 Å². The Morgan fingerprint density at radius 1 is 1.16 bits per heavy atom. The molecule has 2 rings (SSSR count). The van der Waals surface area contributed by atoms with Crippen LogP contribution in [0.5, 0.6) is 0 Å². The molecule has 5 nitrogen and oxygen atoms in total. The summed E-state index contributed by atoms with van der Waals surface area (Å²) in [5, 5.41) is 17.2. The number of sulfonamides is 1. The van der Waals surface area contributed by atoms with Gasteiger partial charge >= 0.3 is 6.18 Å². The van der Waals surface area contributed by atoms with Gasteiger partial charge in [-0.05, 0) is 24.3 Å². The molecule has 1 unspecified atom stereocenters. The number of alkyl halides is 3. The molecule has 4 N–H and O–H groups in total. The number of aliphatic hydroxyl groups is 1. The Morgan fingerprint density at radius 3 is 2.36 bits per heavy atom. The SMILES string of the molecule is NS(=O)(=O)c1ccc(NCC(O)c2ccccc2F)cc1C(F)(F)F. The van der Waals surface area contributed by atoms with Crippen molar-refractivity contribution in [2.75, 3.05) is 11.9 Å². The second-order valence-electron chi connectivity index (χ2n) is 5.17. The maximum Gasteiger partial charge on any atom is 0.417 e. The molecule has 0 amide bonds. The lowest BCUT2D eigenvalue weighted by atomic mass is 10.1. The molecular formula is C15H14F4N2O3S. The first-order valence-corrected chi connectivity index (χ1v) is 8.45. The third-order valence-electron chi connectivity index (χ3n) is 3.36. The van der Waals surface area contributed by atoms with E-state index >= 15 is 0 Å². The van der Waals surface area contributed by atoms with E-state index in [1.165, 1.54) is 18.2 Å². The Kier molecular flexibility index (Phi) is 5.35. The van der Waals surface area contributed by atoms with Crippen molar-refractivity contribution in [3.8, 4) is 0 Å². The van der Waals surface area contributed by atoms with Crippen LogP contribution in [0.25, 0.3) is 0 Å². The van der Waals surface area contributed by atoms with Crippen LogP contribution in [0.4, 0.5) is 23.2 Å². The van der Waals surface area contributed by atoms with E-state index in [-0.39, 0.29) is 17.8 Å². The third-order valence-corrected chi connectivity index (χ3v) is 4.32. The summed E-state index contributed by atoms with van der Waals surface area (Å²) in [6.07, 6.45) is -6.25. The van der Waals surface area contributed by atoms with Crippen molar-refractivity contribution in [2.45, 2.75) is 17.2 Å². The van der Waals surface area contributed by atoms with Crippen LogP contribution in [0.1, 0.15) is 17.2 Å². The molecule has 0 heterocycles. The van der Waals surface area contributed by atoms with E-state index in [0.717, 1.165) is 18.2 Å². The molecule has 0 aromatic heterocycles. The van der Waals surface area contributed by atoms with E-state index in [1.807, 2.05) is 0 Å². The lowest BCUT2D eigenvalue weighted by Crippen LogP contribution is -2.20. The molecule has 136 valence electrons. The van der Waals surface area contributed by atoms with Gasteiger partial charge < -0.3 is 10.4 Å². The molecule has 0 bridgehead atoms. The Labute approximate surface area is 141 Å². The van der Waals surface area contributed by atoms with Crippen LogP contribution in [0.3, 0.4) is 0 Å². The zero-order valence-electron chi connectivity index (χ0n) is 12.6. The van der Waals surface area contributed by atoms with E-state index in [9.17, 15) is 31.1 Å². The van der Waals surface area contributed by atoms with Gasteiger partial charge in [-0.25, -0.2) is 17.9 Å². The summed E-state index contributed by atoms with van der Waals surface area (Å²) in [7, 11) is -4.56. The van der Waals surface area contributed by atoms with E-state index in [4.69, 9.17) is 5.14 Å². The summed E-state index contributed by atoms with van der Waals surface area (Å²) in [6, 6.07) is 7.77. The fourth-order valence-corrected chi connectivity index (χ4v) is 2.92. The number of aliphatic hydroxyl groups excluding tert-OH is 1. The zero-order valence-corrected chi connectivity index (χ0v) is 13.4. The van der Waals surface area contributed by atoms with E-state index in [0.29, 0.717) is 6.07 Å². The Hall–Kier alpha value is -2.17. The second-order valence-corrected chi connectivity index (χ2v) is 6.70. The molecule has 0 aliphatic rings. The van der Waals surface area contributed by atoms with Crippen LogP contribution in [-0.4, -0.2) is 20.1 Å². The number of hydrogen-bond acceptors (Lipinski definition) is 4. The minimum absolute atomic E-state index is 0.0211. The standard InChI is InChI=1S/C15H14F4N2O3S/c16-12-4-2-1-3-10(12)13(22)8-21-9-5-6-14(25(20,23)24)11(7-9)15(17,18)19/h1-7,13,21-22H,8H2,(H2,20,23,24). The monoisotopic (exact) mass is 378 g/mol. The molecule has 10 heteroatoms. The van der Waals surface area contributed by atoms with Gasteiger partial charge in [0, 0.05) is 17.8 Å². The minimum atomic E-state index is -4.94. The summed E-state index contributed by atoms with van der Waals surface area (Å²) in [4.78, 5) is -1.06. The topological polar surface area (TPSA) is 92.4 Å². The van der Waals surface area contributed by atoms with Crippen molar-refractivity contribution < 1.29 is 31.1 Å². The number of nitrogens with two attached hydrogens (primary N) is 1. The van der Waals surface area contributed by atoms with Crippen molar-refractivity contribution in [1.82, 2.24) is 0 Å². The molecule has 0 aliphatic heterocycles. The highest BCUT2D eigenvalue weighted by Crippen LogP contribution is 2.35. The quantitative estimate of drug-likeness (QED) is 0.698.